The number of ketones is 2. The SMILES string of the molecule is C=CCNC(CC(=O)C(=O)c1ccc(OC(F)(F)F)cc1)(C(=O)O)C1c2ccccc2N[C@@H]2CCC[C@H]12. The molecule has 10 heteroatoms. The number of alkyl halides is 3. The van der Waals surface area contributed by atoms with Crippen LogP contribution in [0.25, 0.3) is 0 Å². The minimum Gasteiger partial charge on any atom is -0.480 e. The Balaban J connectivity index is 1.69. The summed E-state index contributed by atoms with van der Waals surface area (Å²) in [7, 11) is 0. The first-order valence-corrected chi connectivity index (χ1v) is 11.9. The highest BCUT2D eigenvalue weighted by Gasteiger charge is 2.55. The lowest BCUT2D eigenvalue weighted by Crippen LogP contribution is -2.61. The molecule has 1 aliphatic heterocycles. The van der Waals surface area contributed by atoms with Crippen molar-refractivity contribution in [2.75, 3.05) is 11.9 Å². The molecule has 2 unspecified atom stereocenters. The molecule has 2 aliphatic rings. The molecule has 1 heterocycles. The zero-order valence-corrected chi connectivity index (χ0v) is 19.9. The third-order valence-corrected chi connectivity index (χ3v) is 7.15. The summed E-state index contributed by atoms with van der Waals surface area (Å²) in [6, 6.07) is 11.3. The van der Waals surface area contributed by atoms with Gasteiger partial charge in [0.25, 0.3) is 0 Å². The van der Waals surface area contributed by atoms with E-state index in [0.29, 0.717) is 0 Å². The molecule has 4 atom stereocenters. The molecular weight excluding hydrogens is 489 g/mol. The first-order chi connectivity index (χ1) is 17.6. The number of fused-ring (bicyclic) bond motifs is 2. The molecule has 0 saturated heterocycles. The van der Waals surface area contributed by atoms with Crippen LogP contribution in [0, 0.1) is 5.92 Å². The number of carbonyl (C=O) groups excluding carboxylic acids is 2. The lowest BCUT2D eigenvalue weighted by atomic mass is 9.65. The Morgan fingerprint density at radius 2 is 1.81 bits per heavy atom. The minimum absolute atomic E-state index is 0.0242. The highest BCUT2D eigenvalue weighted by atomic mass is 19.4. The van der Waals surface area contributed by atoms with E-state index in [2.05, 4.69) is 21.9 Å². The van der Waals surface area contributed by atoms with Gasteiger partial charge in [-0.05, 0) is 54.7 Å². The Morgan fingerprint density at radius 3 is 2.46 bits per heavy atom. The van der Waals surface area contributed by atoms with Crippen LogP contribution in [-0.2, 0) is 9.59 Å². The van der Waals surface area contributed by atoms with Gasteiger partial charge in [-0.2, -0.15) is 0 Å². The number of carboxylic acids is 1. The van der Waals surface area contributed by atoms with Gasteiger partial charge in [0.15, 0.2) is 0 Å². The summed E-state index contributed by atoms with van der Waals surface area (Å²) in [6.45, 7) is 3.75. The molecule has 2 aromatic rings. The van der Waals surface area contributed by atoms with Crippen LogP contribution in [0.4, 0.5) is 18.9 Å². The number of Topliss-reactive ketones (excluding diaryl/α,β-unsaturated/α-hetero) is 2. The molecule has 7 nitrogen and oxygen atoms in total. The third kappa shape index (κ3) is 5.39. The minimum atomic E-state index is -4.90. The normalized spacial score (nSPS) is 22.1. The van der Waals surface area contributed by atoms with Crippen LogP contribution in [0.15, 0.2) is 61.2 Å². The fourth-order valence-corrected chi connectivity index (χ4v) is 5.65. The lowest BCUT2D eigenvalue weighted by Gasteiger charge is -2.46. The van der Waals surface area contributed by atoms with Gasteiger partial charge in [0.2, 0.25) is 11.6 Å². The number of rotatable bonds is 10. The Kier molecular flexibility index (Phi) is 7.40. The largest absolute Gasteiger partial charge is 0.573 e. The smallest absolute Gasteiger partial charge is 0.480 e. The average molecular weight is 517 g/mol. The van der Waals surface area contributed by atoms with Crippen molar-refractivity contribution in [3.8, 4) is 5.75 Å². The first-order valence-electron chi connectivity index (χ1n) is 11.9. The summed E-state index contributed by atoms with van der Waals surface area (Å²) in [4.78, 5) is 39.3. The highest BCUT2D eigenvalue weighted by Crippen LogP contribution is 2.51. The van der Waals surface area contributed by atoms with Crippen LogP contribution in [0.1, 0.15) is 47.5 Å². The molecule has 4 rings (SSSR count). The third-order valence-electron chi connectivity index (χ3n) is 7.15. The van der Waals surface area contributed by atoms with E-state index in [4.69, 9.17) is 0 Å². The molecule has 0 bridgehead atoms. The number of hydrogen-bond donors (Lipinski definition) is 3. The van der Waals surface area contributed by atoms with Gasteiger partial charge in [0.1, 0.15) is 11.3 Å². The Hall–Kier alpha value is -3.66. The van der Waals surface area contributed by atoms with E-state index in [1.807, 2.05) is 18.2 Å². The van der Waals surface area contributed by atoms with Crippen LogP contribution in [0.3, 0.4) is 0 Å². The number of ether oxygens (including phenoxy) is 1. The zero-order valence-electron chi connectivity index (χ0n) is 19.9. The molecule has 3 N–H and O–H groups in total. The maximum atomic E-state index is 13.3. The quantitative estimate of drug-likeness (QED) is 0.239. The topological polar surface area (TPSA) is 105 Å². The molecule has 1 aliphatic carbocycles. The van der Waals surface area contributed by atoms with Crippen LogP contribution < -0.4 is 15.4 Å². The fraction of sp³-hybridized carbons (Fsp3) is 0.370. The lowest BCUT2D eigenvalue weighted by molar-refractivity contribution is -0.274. The number of aliphatic carboxylic acids is 1. The molecule has 1 saturated carbocycles. The fourth-order valence-electron chi connectivity index (χ4n) is 5.65. The van der Waals surface area contributed by atoms with Crippen molar-refractivity contribution in [1.29, 1.82) is 0 Å². The van der Waals surface area contributed by atoms with Gasteiger partial charge >= 0.3 is 12.3 Å². The van der Waals surface area contributed by atoms with Gasteiger partial charge in [-0.3, -0.25) is 19.7 Å². The summed E-state index contributed by atoms with van der Waals surface area (Å²) in [5.41, 5.74) is -0.433. The molecular formula is C27H27F3N2O5. The average Bonchev–Trinajstić information content (AvgIpc) is 3.32. The van der Waals surface area contributed by atoms with Gasteiger partial charge in [-0.15, -0.1) is 19.8 Å². The Bertz CT molecular complexity index is 1200. The molecule has 0 radical (unpaired) electrons. The van der Waals surface area contributed by atoms with Gasteiger partial charge in [0, 0.05) is 36.2 Å². The zero-order chi connectivity index (χ0) is 26.8. The molecule has 2 aromatic carbocycles. The molecule has 0 amide bonds. The Morgan fingerprint density at radius 1 is 1.11 bits per heavy atom. The predicted molar refractivity (Wildman–Crippen MR) is 130 cm³/mol. The van der Waals surface area contributed by atoms with E-state index in [0.717, 1.165) is 54.8 Å². The second-order valence-electron chi connectivity index (χ2n) is 9.36. The number of para-hydroxylation sites is 1. The number of carboxylic acid groups (broad SMARTS) is 1. The van der Waals surface area contributed by atoms with Crippen molar-refractivity contribution in [3.63, 3.8) is 0 Å². The number of carbonyl (C=O) groups is 3. The van der Waals surface area contributed by atoms with Crippen molar-refractivity contribution < 1.29 is 37.4 Å². The van der Waals surface area contributed by atoms with Gasteiger partial charge in [0.05, 0.1) is 0 Å². The van der Waals surface area contributed by atoms with E-state index in [1.54, 1.807) is 6.07 Å². The molecule has 0 spiro atoms. The predicted octanol–water partition coefficient (Wildman–Crippen LogP) is 4.70. The standard InChI is InChI=1S/C27H27F3N2O5/c1-2-14-31-26(25(35)36,23-18-6-3-4-8-20(18)32-21-9-5-7-19(21)23)15-22(33)24(34)16-10-12-17(13-11-16)37-27(28,29)30/h2-4,6,8,10-13,19,21,23,31-32H,1,5,7,9,14-15H2,(H,35,36)/t19-,21+,23?,26?/m0/s1. The molecule has 196 valence electrons. The van der Waals surface area contributed by atoms with E-state index < -0.39 is 47.5 Å². The molecule has 37 heavy (non-hydrogen) atoms. The van der Waals surface area contributed by atoms with Gasteiger partial charge in [-0.1, -0.05) is 30.7 Å². The van der Waals surface area contributed by atoms with E-state index in [1.165, 1.54) is 6.08 Å². The Labute approximate surface area is 211 Å². The maximum absolute atomic E-state index is 13.3. The first kappa shape index (κ1) is 26.4. The number of halogens is 3. The van der Waals surface area contributed by atoms with Gasteiger partial charge < -0.3 is 15.2 Å². The second-order valence-corrected chi connectivity index (χ2v) is 9.36. The number of anilines is 1. The number of benzene rings is 2. The van der Waals surface area contributed by atoms with Crippen LogP contribution >= 0.6 is 0 Å². The van der Waals surface area contributed by atoms with Gasteiger partial charge in [-0.25, -0.2) is 0 Å². The monoisotopic (exact) mass is 516 g/mol. The van der Waals surface area contributed by atoms with Crippen molar-refractivity contribution >= 4 is 23.2 Å². The molecule has 0 aromatic heterocycles. The summed E-state index contributed by atoms with van der Waals surface area (Å²) >= 11 is 0. The second kappa shape index (κ2) is 10.4. The van der Waals surface area contributed by atoms with Crippen molar-refractivity contribution in [1.82, 2.24) is 5.32 Å². The maximum Gasteiger partial charge on any atom is 0.573 e. The summed E-state index contributed by atoms with van der Waals surface area (Å²) in [6.07, 6.45) is -1.55. The highest BCUT2D eigenvalue weighted by molar-refractivity contribution is 6.44. The van der Waals surface area contributed by atoms with Crippen LogP contribution in [0.2, 0.25) is 0 Å². The van der Waals surface area contributed by atoms with Crippen LogP contribution in [0.5, 0.6) is 5.75 Å². The van der Waals surface area contributed by atoms with E-state index in [9.17, 15) is 32.7 Å². The summed E-state index contributed by atoms with van der Waals surface area (Å²) < 4.78 is 41.2. The van der Waals surface area contributed by atoms with E-state index >= 15 is 0 Å². The molecule has 1 fully saturated rings. The summed E-state index contributed by atoms with van der Waals surface area (Å²) in [5.74, 6) is -4.47. The van der Waals surface area contributed by atoms with E-state index in [-0.39, 0.29) is 24.1 Å². The van der Waals surface area contributed by atoms with Crippen molar-refractivity contribution in [3.05, 3.63) is 72.3 Å². The van der Waals surface area contributed by atoms with Crippen LogP contribution in [-0.4, -0.2) is 47.1 Å². The van der Waals surface area contributed by atoms with Crippen molar-refractivity contribution in [2.24, 2.45) is 5.92 Å². The van der Waals surface area contributed by atoms with Crippen molar-refractivity contribution in [2.45, 2.75) is 49.5 Å². The number of nitrogens with one attached hydrogen (secondary N) is 2. The summed E-state index contributed by atoms with van der Waals surface area (Å²) in [5, 5.41) is 17.1. The number of hydrogen-bond acceptors (Lipinski definition) is 6.